The molecular weight excluding hydrogens is 1800 g/mol. The molecule has 0 bridgehead atoms. The number of aromatic nitrogens is 9. The van der Waals surface area contributed by atoms with Crippen molar-refractivity contribution in [3.63, 3.8) is 0 Å². The Hall–Kier alpha value is -17.0. The Morgan fingerprint density at radius 3 is 1.19 bits per heavy atom. The molecular formula is C125H71N9OS5. The molecule has 0 saturated carbocycles. The van der Waals surface area contributed by atoms with Crippen LogP contribution in [0.15, 0.2) is 417 Å². The van der Waals surface area contributed by atoms with Crippen molar-refractivity contribution in [2.75, 3.05) is 0 Å². The summed E-state index contributed by atoms with van der Waals surface area (Å²) in [6, 6.07) is 134. The van der Waals surface area contributed by atoms with E-state index in [-0.39, 0.29) is 23.5 Å². The zero-order valence-electron chi connectivity index (χ0n) is 79.3. The minimum atomic E-state index is -0.447. The largest absolute Gasteiger partial charge is 0.438 e. The Morgan fingerprint density at radius 1 is 0.250 bits per heavy atom. The number of para-hydroxylation sites is 4. The van der Waals surface area contributed by atoms with Crippen LogP contribution < -0.4 is 0 Å². The van der Waals surface area contributed by atoms with Crippen molar-refractivity contribution in [3.05, 3.63) is 418 Å². The van der Waals surface area contributed by atoms with Crippen molar-refractivity contribution in [1.29, 1.82) is 0 Å². The lowest BCUT2D eigenvalue weighted by Gasteiger charge is -2.12. The smallest absolute Gasteiger partial charge is 0.231 e. The van der Waals surface area contributed by atoms with Crippen molar-refractivity contribution < 1.29 is 11.3 Å². The molecule has 0 aliphatic rings. The summed E-state index contributed by atoms with van der Waals surface area (Å²) < 4.78 is 68.1. The number of hydrogen-bond acceptors (Lipinski definition) is 12. The van der Waals surface area contributed by atoms with Crippen LogP contribution in [0.4, 0.5) is 0 Å². The maximum Gasteiger partial charge on any atom is 0.231 e. The highest BCUT2D eigenvalue weighted by atomic mass is 32.1. The van der Waals surface area contributed by atoms with E-state index < -0.39 is 18.1 Å². The lowest BCUT2D eigenvalue weighted by Crippen LogP contribution is -2.01. The number of nitrogens with zero attached hydrogens (tertiary/aromatic N) is 9. The van der Waals surface area contributed by atoms with Gasteiger partial charge in [-0.1, -0.05) is 345 Å². The highest BCUT2D eigenvalue weighted by molar-refractivity contribution is 7.28. The quantitative estimate of drug-likeness (QED) is 0.156. The van der Waals surface area contributed by atoms with E-state index in [1.54, 1.807) is 34.0 Å². The molecule has 12 heterocycles. The number of aryl methyl sites for hydroxylation is 1. The number of fused-ring (bicyclic) bond motifs is 40. The highest BCUT2D eigenvalue weighted by Crippen LogP contribution is 2.55. The molecule has 0 N–H and O–H groups in total. The van der Waals surface area contributed by atoms with Crippen LogP contribution >= 0.6 is 56.7 Å². The summed E-state index contributed by atoms with van der Waals surface area (Å²) in [7, 11) is 0. The zero-order valence-corrected chi connectivity index (χ0v) is 78.4. The molecule has 0 radical (unpaired) electrons. The summed E-state index contributed by atoms with van der Waals surface area (Å²) in [5.41, 5.74) is 16.1. The molecule has 0 amide bonds. The van der Waals surface area contributed by atoms with Gasteiger partial charge >= 0.3 is 0 Å². The van der Waals surface area contributed by atoms with E-state index in [4.69, 9.17) is 41.2 Å². The van der Waals surface area contributed by atoms with E-state index >= 15 is 0 Å². The lowest BCUT2D eigenvalue weighted by atomic mass is 9.99. The van der Waals surface area contributed by atoms with Gasteiger partial charge in [0.2, 0.25) is 5.71 Å². The predicted octanol–water partition coefficient (Wildman–Crippen LogP) is 36.0. The van der Waals surface area contributed by atoms with Gasteiger partial charge in [-0.15, -0.1) is 56.7 Å². The monoisotopic (exact) mass is 1880 g/mol. The molecule has 15 heteroatoms. The molecule has 0 unspecified atom stereocenters. The maximum absolute atomic E-state index is 8.82. The summed E-state index contributed by atoms with van der Waals surface area (Å²) in [6.07, 6.45) is 0. The number of furan rings is 1. The van der Waals surface area contributed by atoms with Crippen molar-refractivity contribution >= 4 is 288 Å². The summed E-state index contributed by atoms with van der Waals surface area (Å²) >= 11 is 8.97. The first-order valence-corrected chi connectivity index (χ1v) is 50.6. The Bertz CT molecular complexity index is 11300. The minimum Gasteiger partial charge on any atom is -0.438 e. The van der Waals surface area contributed by atoms with E-state index in [2.05, 4.69) is 354 Å². The van der Waals surface area contributed by atoms with E-state index in [0.29, 0.717) is 22.9 Å². The number of hydrogen-bond donors (Lipinski definition) is 0. The van der Waals surface area contributed by atoms with Crippen LogP contribution in [-0.4, -0.2) is 43.6 Å². The second kappa shape index (κ2) is 31.0. The molecule has 10 nitrogen and oxygen atoms in total. The Morgan fingerprint density at radius 2 is 0.636 bits per heavy atom. The Kier molecular flexibility index (Phi) is 16.4. The average Bonchev–Trinajstić information content (AvgIpc) is 1.53. The summed E-state index contributed by atoms with van der Waals surface area (Å²) in [5, 5.41) is 28.7. The van der Waals surface area contributed by atoms with Gasteiger partial charge < -0.3 is 8.98 Å². The van der Waals surface area contributed by atoms with Crippen LogP contribution in [0.2, 0.25) is 0 Å². The molecule has 12 aromatic heterocycles. The molecule has 0 aliphatic carbocycles. The minimum absolute atomic E-state index is 0.0173. The summed E-state index contributed by atoms with van der Waals surface area (Å²) in [6.45, 7) is 2.09. The first kappa shape index (κ1) is 74.3. The third-order valence-electron chi connectivity index (χ3n) is 27.9. The van der Waals surface area contributed by atoms with Gasteiger partial charge in [0.1, 0.15) is 5.58 Å². The molecule has 0 saturated heterocycles. The van der Waals surface area contributed by atoms with Crippen LogP contribution in [0.3, 0.4) is 0 Å². The molecule has 0 atom stereocenters. The Labute approximate surface area is 824 Å². The fraction of sp³-hybridized carbons (Fsp3) is 0.00800. The first-order chi connectivity index (χ1) is 71.4. The second-order valence-corrected chi connectivity index (χ2v) is 41.0. The fourth-order valence-corrected chi connectivity index (χ4v) is 27.9. The van der Waals surface area contributed by atoms with Gasteiger partial charge in [-0.2, -0.15) is 4.98 Å². The zero-order chi connectivity index (χ0) is 96.0. The van der Waals surface area contributed by atoms with Crippen molar-refractivity contribution in [3.8, 4) is 62.7 Å². The average molecular weight is 1880 g/mol. The molecule has 0 spiro atoms. The molecule has 0 aliphatic heterocycles. The third kappa shape index (κ3) is 11.9. The normalized spacial score (nSPS) is 12.7. The standard InChI is InChI=1S/C49H29N3OS.2C38H21N3S2/c1-28-18-20-29(21-19-28)48-50-45(43-37-13-5-8-16-40(37)53-49(43)51-48)32-23-22-31-27-33(25-24-30(31)26-32)52-39-15-7-4-12-36(39)42-34-10-2-3-11-35(34)47-44(46(42)52)38-14-6-9-17-41(38)54-47;2*1-2-12-22(13-3-1)37-39-33-27-18-8-11-21-30(27)43-36(33)38(40-37)41-28-19-9-6-16-25(28)31-32-26-17-7-10-20-29(26)42-35(32)24-15-5-4-14-23(24)34(31)41/h2-27H,1H3;2*1-21H/i;1D,2D,3D,12D,13D;. The fourth-order valence-electron chi connectivity index (χ4n) is 21.9. The number of thiophene rings is 5. The topological polar surface area (TPSA) is 105 Å². The van der Waals surface area contributed by atoms with Crippen molar-refractivity contribution in [2.24, 2.45) is 0 Å². The van der Waals surface area contributed by atoms with Crippen LogP contribution in [-0.2, 0) is 0 Å². The Balaban J connectivity index is 0.000000102. The van der Waals surface area contributed by atoms with E-state index in [1.165, 1.54) is 136 Å². The molecule has 652 valence electrons. The molecule has 20 aromatic carbocycles. The number of benzene rings is 20. The van der Waals surface area contributed by atoms with E-state index in [0.717, 1.165) is 130 Å². The van der Waals surface area contributed by atoms with Crippen LogP contribution in [0.5, 0.6) is 0 Å². The van der Waals surface area contributed by atoms with Gasteiger partial charge in [0.05, 0.1) is 71.5 Å². The third-order valence-corrected chi connectivity index (χ3v) is 33.9. The van der Waals surface area contributed by atoms with Gasteiger partial charge in [-0.05, 0) is 95.9 Å². The van der Waals surface area contributed by atoms with Gasteiger partial charge in [-0.3, -0.25) is 9.13 Å². The van der Waals surface area contributed by atoms with Crippen LogP contribution in [0.1, 0.15) is 12.4 Å². The predicted molar refractivity (Wildman–Crippen MR) is 597 cm³/mol. The van der Waals surface area contributed by atoms with Crippen LogP contribution in [0, 0.1) is 6.92 Å². The summed E-state index contributed by atoms with van der Waals surface area (Å²) in [4.78, 5) is 30.9. The molecule has 32 aromatic rings. The lowest BCUT2D eigenvalue weighted by molar-refractivity contribution is 0.653. The van der Waals surface area contributed by atoms with Crippen molar-refractivity contribution in [1.82, 2.24) is 43.6 Å². The molecule has 32 rings (SSSR count). The van der Waals surface area contributed by atoms with Crippen LogP contribution in [0.25, 0.3) is 294 Å². The molecule has 0 fully saturated rings. The molecule has 140 heavy (non-hydrogen) atoms. The van der Waals surface area contributed by atoms with Gasteiger partial charge in [-0.25, -0.2) is 24.9 Å². The van der Waals surface area contributed by atoms with Gasteiger partial charge in [0.15, 0.2) is 29.1 Å². The second-order valence-electron chi connectivity index (χ2n) is 35.7. The highest BCUT2D eigenvalue weighted by Gasteiger charge is 2.31. The van der Waals surface area contributed by atoms with Crippen molar-refractivity contribution in [2.45, 2.75) is 6.92 Å². The van der Waals surface area contributed by atoms with Gasteiger partial charge in [0.25, 0.3) is 0 Å². The van der Waals surface area contributed by atoms with Gasteiger partial charge in [0, 0.05) is 173 Å². The maximum atomic E-state index is 8.82. The number of rotatable bonds is 7. The first-order valence-electron chi connectivity index (χ1n) is 49.0. The SMILES string of the molecule is Cc1ccc(-c2nc(-c3ccc4cc(-n5c6ccccc6c6c7ccccc7c7sc8ccccc8c7c65)ccc4c3)c3c(n2)oc2ccccc23)cc1.[2H]c1c([2H])c([2H])c(-c2nc(-n3c4ccccc4c4c5c6ccccc6sc5c5ccccc5c43)c3sc4ccccc4c3n2)c([2H])c1[2H].c1ccc(-c2nc(-n3c4ccccc4c4c5c6ccccc6sc5c5ccccc5c43)c3sc4ccccc4c3n2)cc1. The summed E-state index contributed by atoms with van der Waals surface area (Å²) in [5.74, 6) is 3.02. The van der Waals surface area contributed by atoms with E-state index in [9.17, 15) is 0 Å². The van der Waals surface area contributed by atoms with E-state index in [1.807, 2.05) is 71.2 Å².